The normalized spacial score (nSPS) is 14.0. The van der Waals surface area contributed by atoms with Crippen LogP contribution >= 0.6 is 15.9 Å². The van der Waals surface area contributed by atoms with Crippen molar-refractivity contribution < 1.29 is 14.7 Å². The van der Waals surface area contributed by atoms with Crippen molar-refractivity contribution in [3.05, 3.63) is 64.4 Å². The minimum Gasteiger partial charge on any atom is -0.395 e. The number of carbonyl (C=O) groups is 2. The summed E-state index contributed by atoms with van der Waals surface area (Å²) in [6.45, 7) is 2.07. The molecule has 0 bridgehead atoms. The highest BCUT2D eigenvalue weighted by Gasteiger charge is 2.36. The molecule has 7 nitrogen and oxygen atoms in total. The molecule has 8 heteroatoms. The zero-order chi connectivity index (χ0) is 21.2. The molecule has 0 aliphatic carbocycles. The summed E-state index contributed by atoms with van der Waals surface area (Å²) in [4.78, 5) is 29.8. The number of primary amides is 1. The van der Waals surface area contributed by atoms with Crippen LogP contribution in [0, 0.1) is 5.92 Å². The molecule has 3 atom stereocenters. The van der Waals surface area contributed by atoms with Crippen LogP contribution in [0.15, 0.2) is 53.1 Å². The Morgan fingerprint density at radius 2 is 1.90 bits per heavy atom. The van der Waals surface area contributed by atoms with E-state index in [-0.39, 0.29) is 19.2 Å². The molecule has 29 heavy (non-hydrogen) atoms. The maximum absolute atomic E-state index is 13.2. The standard InChI is InChI=1S/C21H27BrN4O3/c1-2-7-15(14-8-4-3-5-9-14)26-21(29)18(20(23)28)19(24-12-13-27)16-10-6-11-17(22)25-16/h3-6,8-11,15,18-19,24,27H,2,7,12-13H2,1H3,(H2,23,28)(H,26,29). The third-order valence-corrected chi connectivity index (χ3v) is 4.99. The Kier molecular flexibility index (Phi) is 9.24. The van der Waals surface area contributed by atoms with Crippen molar-refractivity contribution in [1.29, 1.82) is 0 Å². The quantitative estimate of drug-likeness (QED) is 0.301. The number of nitrogens with zero attached hydrogens (tertiary/aromatic N) is 1. The van der Waals surface area contributed by atoms with E-state index in [0.29, 0.717) is 10.3 Å². The Hall–Kier alpha value is -2.29. The summed E-state index contributed by atoms with van der Waals surface area (Å²) in [5, 5.41) is 15.2. The van der Waals surface area contributed by atoms with Gasteiger partial charge in [0.05, 0.1) is 24.4 Å². The fraction of sp³-hybridized carbons (Fsp3) is 0.381. The lowest BCUT2D eigenvalue weighted by Gasteiger charge is -2.27. The summed E-state index contributed by atoms with van der Waals surface area (Å²) >= 11 is 3.31. The Labute approximate surface area is 179 Å². The van der Waals surface area contributed by atoms with Crippen LogP contribution in [-0.4, -0.2) is 35.1 Å². The largest absolute Gasteiger partial charge is 0.395 e. The Morgan fingerprint density at radius 1 is 1.17 bits per heavy atom. The van der Waals surface area contributed by atoms with Crippen LogP contribution in [-0.2, 0) is 9.59 Å². The van der Waals surface area contributed by atoms with Crippen molar-refractivity contribution >= 4 is 27.7 Å². The molecule has 0 radical (unpaired) electrons. The van der Waals surface area contributed by atoms with Gasteiger partial charge in [-0.3, -0.25) is 9.59 Å². The van der Waals surface area contributed by atoms with Gasteiger partial charge in [0.2, 0.25) is 11.8 Å². The zero-order valence-electron chi connectivity index (χ0n) is 16.3. The lowest BCUT2D eigenvalue weighted by Crippen LogP contribution is -2.47. The third kappa shape index (κ3) is 6.62. The van der Waals surface area contributed by atoms with Crippen molar-refractivity contribution in [1.82, 2.24) is 15.6 Å². The van der Waals surface area contributed by atoms with E-state index in [1.54, 1.807) is 18.2 Å². The van der Waals surface area contributed by atoms with Crippen molar-refractivity contribution in [3.8, 4) is 0 Å². The van der Waals surface area contributed by atoms with Crippen LogP contribution in [0.25, 0.3) is 0 Å². The first-order valence-corrected chi connectivity index (χ1v) is 10.4. The number of rotatable bonds is 11. The molecule has 1 aromatic heterocycles. The molecule has 156 valence electrons. The zero-order valence-corrected chi connectivity index (χ0v) is 17.9. The first-order chi connectivity index (χ1) is 14.0. The summed E-state index contributed by atoms with van der Waals surface area (Å²) in [5.74, 6) is -2.42. The molecule has 5 N–H and O–H groups in total. The average molecular weight is 463 g/mol. The first kappa shape index (κ1) is 23.0. The van der Waals surface area contributed by atoms with Gasteiger partial charge >= 0.3 is 0 Å². The second-order valence-corrected chi connectivity index (χ2v) is 7.49. The van der Waals surface area contributed by atoms with Gasteiger partial charge in [-0.05, 0) is 40.0 Å². The number of aliphatic hydroxyl groups excluding tert-OH is 1. The van der Waals surface area contributed by atoms with Crippen LogP contribution in [0.4, 0.5) is 0 Å². The lowest BCUT2D eigenvalue weighted by atomic mass is 9.93. The SMILES string of the molecule is CCCC(NC(=O)C(C(N)=O)C(NCCO)c1cccc(Br)n1)c1ccccc1. The fourth-order valence-corrected chi connectivity index (χ4v) is 3.57. The summed E-state index contributed by atoms with van der Waals surface area (Å²) in [6.07, 6.45) is 1.59. The maximum Gasteiger partial charge on any atom is 0.235 e. The van der Waals surface area contributed by atoms with Gasteiger partial charge in [-0.1, -0.05) is 49.7 Å². The van der Waals surface area contributed by atoms with Crippen molar-refractivity contribution in [2.75, 3.05) is 13.2 Å². The second-order valence-electron chi connectivity index (χ2n) is 6.68. The predicted octanol–water partition coefficient (Wildman–Crippen LogP) is 2.23. The van der Waals surface area contributed by atoms with Gasteiger partial charge in [0.15, 0.2) is 0 Å². The Balaban J connectivity index is 2.32. The van der Waals surface area contributed by atoms with Crippen LogP contribution in [0.2, 0.25) is 0 Å². The smallest absolute Gasteiger partial charge is 0.235 e. The molecule has 0 aliphatic heterocycles. The summed E-state index contributed by atoms with van der Waals surface area (Å²) in [7, 11) is 0. The van der Waals surface area contributed by atoms with Crippen molar-refractivity contribution in [2.45, 2.75) is 31.8 Å². The summed E-state index contributed by atoms with van der Waals surface area (Å²) < 4.78 is 0.572. The molecule has 2 rings (SSSR count). The van der Waals surface area contributed by atoms with Gasteiger partial charge in [0, 0.05) is 6.54 Å². The molecule has 0 saturated carbocycles. The predicted molar refractivity (Wildman–Crippen MR) is 115 cm³/mol. The average Bonchev–Trinajstić information content (AvgIpc) is 2.71. The Bertz CT molecular complexity index is 804. The number of benzene rings is 1. The molecule has 0 saturated heterocycles. The molecular weight excluding hydrogens is 436 g/mol. The third-order valence-electron chi connectivity index (χ3n) is 4.55. The first-order valence-electron chi connectivity index (χ1n) is 9.59. The molecule has 0 aliphatic rings. The number of carbonyl (C=O) groups excluding carboxylic acids is 2. The highest BCUT2D eigenvalue weighted by Crippen LogP contribution is 2.25. The van der Waals surface area contributed by atoms with Gasteiger partial charge < -0.3 is 21.5 Å². The highest BCUT2D eigenvalue weighted by molar-refractivity contribution is 9.10. The number of nitrogens with two attached hydrogens (primary N) is 1. The molecule has 3 unspecified atom stereocenters. The minimum absolute atomic E-state index is 0.153. The number of amides is 2. The van der Waals surface area contributed by atoms with Crippen molar-refractivity contribution in [3.63, 3.8) is 0 Å². The number of halogens is 1. The molecule has 2 aromatic rings. The van der Waals surface area contributed by atoms with E-state index < -0.39 is 23.8 Å². The summed E-state index contributed by atoms with van der Waals surface area (Å²) in [6, 6.07) is 13.8. The molecular formula is C21H27BrN4O3. The number of hydrogen-bond acceptors (Lipinski definition) is 5. The maximum atomic E-state index is 13.2. The fourth-order valence-electron chi connectivity index (χ4n) is 3.21. The van der Waals surface area contributed by atoms with Gasteiger partial charge in [-0.2, -0.15) is 0 Å². The van der Waals surface area contributed by atoms with Gasteiger partial charge in [-0.25, -0.2) is 4.98 Å². The number of pyridine rings is 1. The van der Waals surface area contributed by atoms with E-state index in [2.05, 4.69) is 31.5 Å². The molecule has 0 fully saturated rings. The van der Waals surface area contributed by atoms with Crippen LogP contribution in [0.5, 0.6) is 0 Å². The molecule has 0 spiro atoms. The monoisotopic (exact) mass is 462 g/mol. The molecule has 1 aromatic carbocycles. The van der Waals surface area contributed by atoms with Crippen molar-refractivity contribution in [2.24, 2.45) is 11.7 Å². The van der Waals surface area contributed by atoms with E-state index in [9.17, 15) is 14.7 Å². The Morgan fingerprint density at radius 3 is 2.48 bits per heavy atom. The highest BCUT2D eigenvalue weighted by atomic mass is 79.9. The number of hydrogen-bond donors (Lipinski definition) is 4. The summed E-state index contributed by atoms with van der Waals surface area (Å²) in [5.41, 5.74) is 7.08. The molecule has 1 heterocycles. The van der Waals surface area contributed by atoms with Crippen LogP contribution < -0.4 is 16.4 Å². The van der Waals surface area contributed by atoms with E-state index in [1.165, 1.54) is 0 Å². The topological polar surface area (TPSA) is 117 Å². The molecule has 2 amide bonds. The van der Waals surface area contributed by atoms with Gasteiger partial charge in [0.25, 0.3) is 0 Å². The number of nitrogens with one attached hydrogen (secondary N) is 2. The van der Waals surface area contributed by atoms with Gasteiger partial charge in [-0.15, -0.1) is 0 Å². The number of aromatic nitrogens is 1. The lowest BCUT2D eigenvalue weighted by molar-refractivity contribution is -0.135. The van der Waals surface area contributed by atoms with E-state index in [1.807, 2.05) is 37.3 Å². The van der Waals surface area contributed by atoms with Crippen LogP contribution in [0.3, 0.4) is 0 Å². The van der Waals surface area contributed by atoms with E-state index in [4.69, 9.17) is 5.73 Å². The van der Waals surface area contributed by atoms with E-state index in [0.717, 1.165) is 18.4 Å². The number of aliphatic hydroxyl groups is 1. The minimum atomic E-state index is -1.19. The second kappa shape index (κ2) is 11.6. The van der Waals surface area contributed by atoms with Gasteiger partial charge in [0.1, 0.15) is 10.5 Å². The van der Waals surface area contributed by atoms with E-state index >= 15 is 0 Å². The van der Waals surface area contributed by atoms with Crippen LogP contribution in [0.1, 0.15) is 43.1 Å².